The fourth-order valence-electron chi connectivity index (χ4n) is 2.19. The van der Waals surface area contributed by atoms with E-state index in [0.717, 1.165) is 11.3 Å². The van der Waals surface area contributed by atoms with Crippen molar-refractivity contribution in [2.45, 2.75) is 12.5 Å². The number of nitrogens with zero attached hydrogens (tertiary/aromatic N) is 3. The standard InChI is InChI=1S/C13H18F2N4O2S/c1-18(2)5-7(6-20)16-12(21)9-4-8-10(11(14)15)17-19(3)13(8)22-9/h4,7,11,20H,5-6H2,1-3H3,(H,16,21). The number of aryl methyl sites for hydroxylation is 1. The van der Waals surface area contributed by atoms with E-state index in [0.29, 0.717) is 21.6 Å². The van der Waals surface area contributed by atoms with Gasteiger partial charge in [-0.2, -0.15) is 5.10 Å². The minimum atomic E-state index is -2.69. The van der Waals surface area contributed by atoms with Crippen molar-refractivity contribution in [1.82, 2.24) is 20.0 Å². The summed E-state index contributed by atoms with van der Waals surface area (Å²) in [4.78, 5) is 14.9. The molecule has 0 radical (unpaired) electrons. The number of aromatic nitrogens is 2. The molecule has 0 aliphatic carbocycles. The van der Waals surface area contributed by atoms with Gasteiger partial charge in [0.2, 0.25) is 0 Å². The predicted molar refractivity (Wildman–Crippen MR) is 80.4 cm³/mol. The first kappa shape index (κ1) is 16.8. The molecule has 2 N–H and O–H groups in total. The molecular weight excluding hydrogens is 314 g/mol. The molecule has 2 rings (SSSR count). The van der Waals surface area contributed by atoms with Gasteiger partial charge in [0, 0.05) is 19.0 Å². The minimum Gasteiger partial charge on any atom is -0.394 e. The highest BCUT2D eigenvalue weighted by Crippen LogP contribution is 2.32. The zero-order chi connectivity index (χ0) is 16.4. The van der Waals surface area contributed by atoms with E-state index in [2.05, 4.69) is 10.4 Å². The van der Waals surface area contributed by atoms with Crippen LogP contribution in [-0.2, 0) is 7.05 Å². The SMILES string of the molecule is CN(C)CC(CO)NC(=O)c1cc2c(C(F)F)nn(C)c2s1. The fourth-order valence-corrected chi connectivity index (χ4v) is 3.17. The maximum atomic E-state index is 12.9. The minimum absolute atomic E-state index is 0.196. The lowest BCUT2D eigenvalue weighted by Crippen LogP contribution is -2.43. The summed E-state index contributed by atoms with van der Waals surface area (Å²) in [6.45, 7) is 0.287. The number of rotatable bonds is 6. The van der Waals surface area contributed by atoms with Gasteiger partial charge in [-0.3, -0.25) is 9.48 Å². The van der Waals surface area contributed by atoms with E-state index < -0.39 is 12.5 Å². The van der Waals surface area contributed by atoms with Crippen LogP contribution in [0.4, 0.5) is 8.78 Å². The fraction of sp³-hybridized carbons (Fsp3) is 0.538. The van der Waals surface area contributed by atoms with Crippen LogP contribution in [0.2, 0.25) is 0 Å². The monoisotopic (exact) mass is 332 g/mol. The molecule has 0 aliphatic rings. The van der Waals surface area contributed by atoms with E-state index in [4.69, 9.17) is 0 Å². The molecule has 1 amide bonds. The van der Waals surface area contributed by atoms with E-state index in [1.165, 1.54) is 10.7 Å². The Bertz CT molecular complexity index is 668. The lowest BCUT2D eigenvalue weighted by atomic mass is 10.2. The van der Waals surface area contributed by atoms with Crippen LogP contribution in [0.5, 0.6) is 0 Å². The number of carbonyl (C=O) groups excluding carboxylic acids is 1. The van der Waals surface area contributed by atoms with Crippen LogP contribution < -0.4 is 5.32 Å². The Balaban J connectivity index is 2.23. The second kappa shape index (κ2) is 6.67. The van der Waals surface area contributed by atoms with Gasteiger partial charge >= 0.3 is 0 Å². The number of aliphatic hydroxyl groups excluding tert-OH is 1. The molecule has 0 aliphatic heterocycles. The highest BCUT2D eigenvalue weighted by molar-refractivity contribution is 7.20. The first-order chi connectivity index (χ1) is 10.3. The number of amides is 1. The van der Waals surface area contributed by atoms with Gasteiger partial charge in [-0.25, -0.2) is 8.78 Å². The molecule has 22 heavy (non-hydrogen) atoms. The van der Waals surface area contributed by atoms with Crippen molar-refractivity contribution in [3.63, 3.8) is 0 Å². The van der Waals surface area contributed by atoms with Crippen LogP contribution >= 0.6 is 11.3 Å². The number of nitrogens with one attached hydrogen (secondary N) is 1. The van der Waals surface area contributed by atoms with Gasteiger partial charge in [-0.15, -0.1) is 11.3 Å². The molecule has 9 heteroatoms. The van der Waals surface area contributed by atoms with Crippen LogP contribution in [0.3, 0.4) is 0 Å². The maximum Gasteiger partial charge on any atom is 0.282 e. The lowest BCUT2D eigenvalue weighted by Gasteiger charge is -2.19. The molecule has 1 unspecified atom stereocenters. The van der Waals surface area contributed by atoms with Gasteiger partial charge in [-0.1, -0.05) is 0 Å². The Morgan fingerprint density at radius 3 is 2.77 bits per heavy atom. The van der Waals surface area contributed by atoms with Crippen LogP contribution in [-0.4, -0.2) is 59.0 Å². The molecule has 2 aromatic heterocycles. The number of aliphatic hydroxyl groups is 1. The molecule has 1 atom stereocenters. The van der Waals surface area contributed by atoms with Gasteiger partial charge in [0.25, 0.3) is 12.3 Å². The summed E-state index contributed by atoms with van der Waals surface area (Å²) in [7, 11) is 5.22. The number of halogens is 2. The van der Waals surface area contributed by atoms with Crippen molar-refractivity contribution in [1.29, 1.82) is 0 Å². The van der Waals surface area contributed by atoms with Gasteiger partial charge in [0.15, 0.2) is 0 Å². The highest BCUT2D eigenvalue weighted by Gasteiger charge is 2.23. The zero-order valence-corrected chi connectivity index (χ0v) is 13.3. The molecule has 6 nitrogen and oxygen atoms in total. The summed E-state index contributed by atoms with van der Waals surface area (Å²) in [6, 6.07) is 1.01. The van der Waals surface area contributed by atoms with Crippen LogP contribution in [0.1, 0.15) is 21.8 Å². The van der Waals surface area contributed by atoms with Gasteiger partial charge < -0.3 is 15.3 Å². The molecule has 0 fully saturated rings. The molecule has 2 heterocycles. The van der Waals surface area contributed by atoms with Crippen LogP contribution in [0.25, 0.3) is 10.2 Å². The zero-order valence-electron chi connectivity index (χ0n) is 12.5. The van der Waals surface area contributed by atoms with E-state index in [1.54, 1.807) is 7.05 Å². The molecular formula is C13H18F2N4O2S. The average Bonchev–Trinajstić information content (AvgIpc) is 2.98. The van der Waals surface area contributed by atoms with Crippen LogP contribution in [0.15, 0.2) is 6.07 Å². The second-order valence-electron chi connectivity index (χ2n) is 5.25. The van der Waals surface area contributed by atoms with Gasteiger partial charge in [0.05, 0.1) is 17.5 Å². The first-order valence-electron chi connectivity index (χ1n) is 6.64. The summed E-state index contributed by atoms with van der Waals surface area (Å²) in [5.41, 5.74) is -0.320. The van der Waals surface area contributed by atoms with Crippen molar-refractivity contribution >= 4 is 27.5 Å². The Kier molecular flexibility index (Phi) is 5.09. The Hall–Kier alpha value is -1.58. The van der Waals surface area contributed by atoms with E-state index in [-0.39, 0.29) is 18.2 Å². The number of hydrogen-bond acceptors (Lipinski definition) is 5. The second-order valence-corrected chi connectivity index (χ2v) is 6.28. The largest absolute Gasteiger partial charge is 0.394 e. The van der Waals surface area contributed by atoms with Crippen molar-refractivity contribution < 1.29 is 18.7 Å². The number of hydrogen-bond donors (Lipinski definition) is 2. The quantitative estimate of drug-likeness (QED) is 0.835. The third kappa shape index (κ3) is 3.42. The molecule has 2 aromatic rings. The first-order valence-corrected chi connectivity index (χ1v) is 7.46. The summed E-state index contributed by atoms with van der Waals surface area (Å²) in [6.07, 6.45) is -2.69. The van der Waals surface area contributed by atoms with Crippen molar-refractivity contribution in [2.24, 2.45) is 7.05 Å². The summed E-state index contributed by atoms with van der Waals surface area (Å²) in [5, 5.41) is 16.0. The number of thiophene rings is 1. The highest BCUT2D eigenvalue weighted by atomic mass is 32.1. The number of carbonyl (C=O) groups is 1. The molecule has 0 saturated heterocycles. The average molecular weight is 332 g/mol. The van der Waals surface area contributed by atoms with Crippen molar-refractivity contribution in [2.75, 3.05) is 27.2 Å². The Morgan fingerprint density at radius 1 is 1.55 bits per heavy atom. The molecule has 0 bridgehead atoms. The van der Waals surface area contributed by atoms with Crippen molar-refractivity contribution in [3.05, 3.63) is 16.6 Å². The molecule has 122 valence electrons. The van der Waals surface area contributed by atoms with E-state index >= 15 is 0 Å². The smallest absolute Gasteiger partial charge is 0.282 e. The summed E-state index contributed by atoms with van der Waals surface area (Å²) >= 11 is 1.10. The number of alkyl halides is 2. The van der Waals surface area contributed by atoms with E-state index in [1.807, 2.05) is 19.0 Å². The number of fused-ring (bicyclic) bond motifs is 1. The topological polar surface area (TPSA) is 70.4 Å². The number of likely N-dealkylation sites (N-methyl/N-ethyl adjacent to an activating group) is 1. The van der Waals surface area contributed by atoms with Crippen molar-refractivity contribution in [3.8, 4) is 0 Å². The predicted octanol–water partition coefficient (Wildman–Crippen LogP) is 1.22. The Labute approximate surface area is 130 Å². The maximum absolute atomic E-state index is 12.9. The van der Waals surface area contributed by atoms with E-state index in [9.17, 15) is 18.7 Å². The lowest BCUT2D eigenvalue weighted by molar-refractivity contribution is 0.0909. The summed E-state index contributed by atoms with van der Waals surface area (Å²) in [5.74, 6) is -0.387. The molecule has 0 saturated carbocycles. The Morgan fingerprint density at radius 2 is 2.23 bits per heavy atom. The summed E-state index contributed by atoms with van der Waals surface area (Å²) < 4.78 is 27.2. The van der Waals surface area contributed by atoms with Gasteiger partial charge in [0.1, 0.15) is 10.5 Å². The van der Waals surface area contributed by atoms with Gasteiger partial charge in [-0.05, 0) is 20.2 Å². The molecule has 0 spiro atoms. The third-order valence-corrected chi connectivity index (χ3v) is 4.31. The third-order valence-electron chi connectivity index (χ3n) is 3.11. The van der Waals surface area contributed by atoms with Crippen LogP contribution in [0, 0.1) is 0 Å². The normalized spacial score (nSPS) is 13.3. The molecule has 0 aromatic carbocycles.